The third-order valence-electron chi connectivity index (χ3n) is 2.33. The molecule has 0 bridgehead atoms. The Balaban J connectivity index is 2.14. The van der Waals surface area contributed by atoms with Crippen molar-refractivity contribution in [2.45, 2.75) is 5.03 Å². The number of hydrogen-bond acceptors (Lipinski definition) is 5. The van der Waals surface area contributed by atoms with Crippen molar-refractivity contribution in [3.05, 3.63) is 36.5 Å². The van der Waals surface area contributed by atoms with E-state index in [0.717, 1.165) is 26.1 Å². The summed E-state index contributed by atoms with van der Waals surface area (Å²) in [6.07, 6.45) is 3.76. The molecule has 2 heterocycles. The minimum Gasteiger partial charge on any atom is -0.232 e. The molecule has 0 unspecified atom stereocenters. The summed E-state index contributed by atoms with van der Waals surface area (Å²) in [6, 6.07) is 10.1. The van der Waals surface area contributed by atoms with Crippen LogP contribution < -0.4 is 0 Å². The maximum atomic E-state index is 4.50. The van der Waals surface area contributed by atoms with Gasteiger partial charge in [-0.15, -0.1) is 11.8 Å². The van der Waals surface area contributed by atoms with Gasteiger partial charge in [0, 0.05) is 5.56 Å². The monoisotopic (exact) mass is 259 g/mol. The van der Waals surface area contributed by atoms with Gasteiger partial charge in [0.25, 0.3) is 0 Å². The largest absolute Gasteiger partial charge is 0.232 e. The molecule has 1 aromatic carbocycles. The highest BCUT2D eigenvalue weighted by Crippen LogP contribution is 2.28. The fraction of sp³-hybridized carbons (Fsp3) is 0.0833. The molecule has 5 heteroatoms. The Hall–Kier alpha value is -1.46. The third-order valence-corrected chi connectivity index (χ3v) is 3.93. The maximum Gasteiger partial charge on any atom is 0.190 e. The number of aromatic nitrogens is 3. The van der Waals surface area contributed by atoms with E-state index in [1.807, 2.05) is 36.6 Å². The summed E-state index contributed by atoms with van der Waals surface area (Å²) in [5.41, 5.74) is 1.84. The lowest BCUT2D eigenvalue weighted by Crippen LogP contribution is -1.82. The van der Waals surface area contributed by atoms with E-state index in [0.29, 0.717) is 0 Å². The zero-order valence-corrected chi connectivity index (χ0v) is 10.8. The molecule has 3 aromatic rings. The van der Waals surface area contributed by atoms with Gasteiger partial charge in [0.05, 0.1) is 6.20 Å². The highest BCUT2D eigenvalue weighted by molar-refractivity contribution is 7.98. The first kappa shape index (κ1) is 10.7. The Kier molecular flexibility index (Phi) is 2.78. The summed E-state index contributed by atoms with van der Waals surface area (Å²) < 4.78 is 0. The van der Waals surface area contributed by atoms with E-state index in [4.69, 9.17) is 0 Å². The maximum absolute atomic E-state index is 4.50. The summed E-state index contributed by atoms with van der Waals surface area (Å²) in [7, 11) is 0. The Labute approximate surface area is 107 Å². The summed E-state index contributed by atoms with van der Waals surface area (Å²) in [6.45, 7) is 0. The lowest BCUT2D eigenvalue weighted by Gasteiger charge is -1.91. The lowest BCUT2D eigenvalue weighted by molar-refractivity contribution is 1.12. The number of nitrogens with zero attached hydrogens (tertiary/aromatic N) is 3. The van der Waals surface area contributed by atoms with Crippen LogP contribution in [-0.2, 0) is 0 Å². The van der Waals surface area contributed by atoms with Gasteiger partial charge in [-0.05, 0) is 6.26 Å². The van der Waals surface area contributed by atoms with Gasteiger partial charge in [0.15, 0.2) is 10.5 Å². The third kappa shape index (κ3) is 2.03. The minimum atomic E-state index is 0.728. The van der Waals surface area contributed by atoms with Crippen LogP contribution in [0.4, 0.5) is 0 Å². The van der Waals surface area contributed by atoms with Gasteiger partial charge in [-0.2, -0.15) is 0 Å². The predicted molar refractivity (Wildman–Crippen MR) is 72.4 cm³/mol. The Bertz CT molecular complexity index is 649. The van der Waals surface area contributed by atoms with E-state index in [2.05, 4.69) is 15.0 Å². The topological polar surface area (TPSA) is 38.7 Å². The van der Waals surface area contributed by atoms with Crippen molar-refractivity contribution >= 4 is 33.6 Å². The standard InChI is InChI=1S/C12H9N3S2/c1-16-9-7-13-10-12(14-9)17-11(15-10)8-5-3-2-4-6-8/h2-7H,1H3. The molecule has 0 amide bonds. The van der Waals surface area contributed by atoms with Crippen LogP contribution in [-0.4, -0.2) is 21.2 Å². The molecule has 2 aromatic heterocycles. The molecule has 0 saturated carbocycles. The molecule has 0 atom stereocenters. The van der Waals surface area contributed by atoms with Crippen molar-refractivity contribution in [2.75, 3.05) is 6.26 Å². The van der Waals surface area contributed by atoms with Crippen molar-refractivity contribution < 1.29 is 0 Å². The number of thiazole rings is 1. The first-order chi connectivity index (χ1) is 8.36. The second-order valence-corrected chi connectivity index (χ2v) is 5.23. The van der Waals surface area contributed by atoms with E-state index in [1.165, 1.54) is 0 Å². The molecule has 0 aliphatic rings. The Morgan fingerprint density at radius 1 is 1.12 bits per heavy atom. The minimum absolute atomic E-state index is 0.728. The second kappa shape index (κ2) is 4.43. The van der Waals surface area contributed by atoms with Crippen LogP contribution in [0.3, 0.4) is 0 Å². The van der Waals surface area contributed by atoms with Crippen LogP contribution in [0, 0.1) is 0 Å². The molecule has 17 heavy (non-hydrogen) atoms. The molecule has 0 spiro atoms. The second-order valence-electron chi connectivity index (χ2n) is 3.43. The molecular formula is C12H9N3S2. The molecule has 84 valence electrons. The summed E-state index contributed by atoms with van der Waals surface area (Å²) in [5.74, 6) is 0. The van der Waals surface area contributed by atoms with Crippen LogP contribution >= 0.6 is 23.1 Å². The molecule has 0 aliphatic carbocycles. The lowest BCUT2D eigenvalue weighted by atomic mass is 10.2. The quantitative estimate of drug-likeness (QED) is 0.660. The SMILES string of the molecule is CSc1cnc2nc(-c3ccccc3)sc2n1. The number of thioether (sulfide) groups is 1. The van der Waals surface area contributed by atoms with E-state index >= 15 is 0 Å². The van der Waals surface area contributed by atoms with Crippen molar-refractivity contribution in [2.24, 2.45) is 0 Å². The molecule has 0 aliphatic heterocycles. The number of fused-ring (bicyclic) bond motifs is 1. The fourth-order valence-electron chi connectivity index (χ4n) is 1.51. The Morgan fingerprint density at radius 3 is 2.71 bits per heavy atom. The van der Waals surface area contributed by atoms with Gasteiger partial charge in [-0.25, -0.2) is 15.0 Å². The van der Waals surface area contributed by atoms with E-state index < -0.39 is 0 Å². The average Bonchev–Trinajstić information content (AvgIpc) is 2.82. The first-order valence-electron chi connectivity index (χ1n) is 5.10. The Morgan fingerprint density at radius 2 is 1.94 bits per heavy atom. The van der Waals surface area contributed by atoms with E-state index in [1.54, 1.807) is 29.3 Å². The molecular weight excluding hydrogens is 250 g/mol. The normalized spacial score (nSPS) is 10.9. The zero-order chi connectivity index (χ0) is 11.7. The van der Waals surface area contributed by atoms with E-state index in [-0.39, 0.29) is 0 Å². The van der Waals surface area contributed by atoms with Gasteiger partial charge in [0.2, 0.25) is 0 Å². The van der Waals surface area contributed by atoms with Gasteiger partial charge in [-0.1, -0.05) is 41.7 Å². The van der Waals surface area contributed by atoms with Crippen LogP contribution in [0.5, 0.6) is 0 Å². The van der Waals surface area contributed by atoms with Gasteiger partial charge in [0.1, 0.15) is 10.0 Å². The fourth-order valence-corrected chi connectivity index (χ4v) is 2.81. The summed E-state index contributed by atoms with van der Waals surface area (Å²) in [5, 5.41) is 1.90. The summed E-state index contributed by atoms with van der Waals surface area (Å²) in [4.78, 5) is 14.2. The smallest absolute Gasteiger partial charge is 0.190 e. The van der Waals surface area contributed by atoms with Crippen molar-refractivity contribution in [3.8, 4) is 10.6 Å². The highest BCUT2D eigenvalue weighted by atomic mass is 32.2. The first-order valence-corrected chi connectivity index (χ1v) is 7.14. The number of hydrogen-bond donors (Lipinski definition) is 0. The van der Waals surface area contributed by atoms with Crippen LogP contribution in [0.2, 0.25) is 0 Å². The van der Waals surface area contributed by atoms with Gasteiger partial charge < -0.3 is 0 Å². The molecule has 0 radical (unpaired) electrons. The van der Waals surface area contributed by atoms with E-state index in [9.17, 15) is 0 Å². The van der Waals surface area contributed by atoms with Crippen molar-refractivity contribution in [1.82, 2.24) is 15.0 Å². The highest BCUT2D eigenvalue weighted by Gasteiger charge is 2.08. The number of benzene rings is 1. The zero-order valence-electron chi connectivity index (χ0n) is 9.12. The van der Waals surface area contributed by atoms with Gasteiger partial charge >= 0.3 is 0 Å². The summed E-state index contributed by atoms with van der Waals surface area (Å²) >= 11 is 3.18. The van der Waals surface area contributed by atoms with Crippen LogP contribution in [0.1, 0.15) is 0 Å². The molecule has 3 nitrogen and oxygen atoms in total. The molecule has 0 saturated heterocycles. The predicted octanol–water partition coefficient (Wildman–Crippen LogP) is 3.48. The van der Waals surface area contributed by atoms with Gasteiger partial charge in [-0.3, -0.25) is 0 Å². The number of rotatable bonds is 2. The average molecular weight is 259 g/mol. The van der Waals surface area contributed by atoms with Crippen LogP contribution in [0.15, 0.2) is 41.6 Å². The van der Waals surface area contributed by atoms with Crippen molar-refractivity contribution in [3.63, 3.8) is 0 Å². The molecule has 0 N–H and O–H groups in total. The molecule has 3 rings (SSSR count). The van der Waals surface area contributed by atoms with Crippen LogP contribution in [0.25, 0.3) is 21.0 Å². The van der Waals surface area contributed by atoms with Crippen molar-refractivity contribution in [1.29, 1.82) is 0 Å². The molecule has 0 fully saturated rings.